The molecule has 4 aromatic rings. The number of nitrogens with one attached hydrogen (secondary N) is 1. The summed E-state index contributed by atoms with van der Waals surface area (Å²) < 4.78 is 13.9. The van der Waals surface area contributed by atoms with Crippen LogP contribution in [0.25, 0.3) is 21.7 Å². The number of amides is 1. The summed E-state index contributed by atoms with van der Waals surface area (Å²) in [6, 6.07) is 11.4. The van der Waals surface area contributed by atoms with Crippen molar-refractivity contribution in [1.82, 2.24) is 13.9 Å². The predicted octanol–water partition coefficient (Wildman–Crippen LogP) is 4.08. The van der Waals surface area contributed by atoms with Crippen LogP contribution in [-0.2, 0) is 10.2 Å². The molecule has 1 amide bonds. The molecule has 0 spiro atoms. The van der Waals surface area contributed by atoms with Crippen LogP contribution in [0.4, 0.5) is 5.69 Å². The Labute approximate surface area is 150 Å². The topological polar surface area (TPSA) is 80.9 Å². The molecule has 1 N–H and O–H groups in total. The molecule has 1 saturated carbocycles. The lowest BCUT2D eigenvalue weighted by Gasteiger charge is -2.12. The Morgan fingerprint density at radius 3 is 2.92 bits per heavy atom. The summed E-state index contributed by atoms with van der Waals surface area (Å²) in [6.07, 6.45) is 1.53. The third kappa shape index (κ3) is 2.37. The normalized spacial score (nSPS) is 15.4. The zero-order valence-electron chi connectivity index (χ0n) is 12.9. The van der Waals surface area contributed by atoms with Gasteiger partial charge in [-0.1, -0.05) is 17.3 Å². The summed E-state index contributed by atoms with van der Waals surface area (Å²) in [7, 11) is 0. The molecule has 6 nitrogen and oxygen atoms in total. The molecule has 0 aliphatic heterocycles. The zero-order chi connectivity index (χ0) is 16.9. The Kier molecular flexibility index (Phi) is 3.22. The van der Waals surface area contributed by atoms with Gasteiger partial charge in [0.15, 0.2) is 5.76 Å². The number of hydrogen-bond acceptors (Lipinski definition) is 7. The third-order valence-electron chi connectivity index (χ3n) is 4.48. The van der Waals surface area contributed by atoms with E-state index in [4.69, 9.17) is 4.52 Å². The summed E-state index contributed by atoms with van der Waals surface area (Å²) in [5, 5.41) is 9.15. The van der Waals surface area contributed by atoms with E-state index in [-0.39, 0.29) is 5.91 Å². The molecule has 5 rings (SSSR count). The molecule has 1 aromatic carbocycles. The Morgan fingerprint density at radius 2 is 2.12 bits per heavy atom. The summed E-state index contributed by atoms with van der Waals surface area (Å²) in [6.45, 7) is 0. The predicted molar refractivity (Wildman–Crippen MR) is 96.8 cm³/mol. The van der Waals surface area contributed by atoms with Crippen LogP contribution < -0.4 is 5.32 Å². The van der Waals surface area contributed by atoms with E-state index in [2.05, 4.69) is 19.2 Å². The molecule has 8 heteroatoms. The van der Waals surface area contributed by atoms with E-state index >= 15 is 0 Å². The highest BCUT2D eigenvalue weighted by molar-refractivity contribution is 7.13. The lowest BCUT2D eigenvalue weighted by atomic mass is 10.0. The number of fused-ring (bicyclic) bond motifs is 1. The van der Waals surface area contributed by atoms with Crippen LogP contribution >= 0.6 is 23.1 Å². The Hall–Kier alpha value is -2.58. The fraction of sp³-hybridized carbons (Fsp3) is 0.176. The van der Waals surface area contributed by atoms with E-state index < -0.39 is 5.41 Å². The third-order valence-corrected chi connectivity index (χ3v) is 5.91. The van der Waals surface area contributed by atoms with E-state index in [0.717, 1.165) is 40.5 Å². The Morgan fingerprint density at radius 1 is 1.20 bits per heavy atom. The van der Waals surface area contributed by atoms with Gasteiger partial charge in [-0.15, -0.1) is 11.3 Å². The van der Waals surface area contributed by atoms with Gasteiger partial charge in [0.25, 0.3) is 0 Å². The second-order valence-electron chi connectivity index (χ2n) is 6.03. The standard InChI is InChI=1S/C17H12N4O2S2/c22-16(18-10-3-1-4-11-15(10)21-25-20-11)17(6-7-17)14-9-12(23-19-14)13-5-2-8-24-13/h1-5,8-9H,6-7H2,(H,18,22). The van der Waals surface area contributed by atoms with Gasteiger partial charge in [0.05, 0.1) is 33.4 Å². The van der Waals surface area contributed by atoms with Crippen molar-refractivity contribution in [3.8, 4) is 10.6 Å². The van der Waals surface area contributed by atoms with E-state index in [1.807, 2.05) is 41.8 Å². The molecule has 124 valence electrons. The van der Waals surface area contributed by atoms with Crippen LogP contribution in [0, 0.1) is 0 Å². The summed E-state index contributed by atoms with van der Waals surface area (Å²) in [5.74, 6) is 0.633. The molecule has 0 saturated heterocycles. The second kappa shape index (κ2) is 5.47. The van der Waals surface area contributed by atoms with Gasteiger partial charge in [-0.25, -0.2) is 0 Å². The number of carbonyl (C=O) groups is 1. The van der Waals surface area contributed by atoms with Gasteiger partial charge in [0, 0.05) is 6.07 Å². The number of aromatic nitrogens is 3. The molecular formula is C17H12N4O2S2. The largest absolute Gasteiger partial charge is 0.355 e. The molecule has 25 heavy (non-hydrogen) atoms. The Bertz CT molecular complexity index is 1060. The van der Waals surface area contributed by atoms with Crippen molar-refractivity contribution in [1.29, 1.82) is 0 Å². The molecule has 3 aromatic heterocycles. The van der Waals surface area contributed by atoms with Crippen LogP contribution in [0.2, 0.25) is 0 Å². The number of thiophene rings is 1. The second-order valence-corrected chi connectivity index (χ2v) is 7.50. The van der Waals surface area contributed by atoms with E-state index in [1.54, 1.807) is 11.3 Å². The molecule has 0 radical (unpaired) electrons. The monoisotopic (exact) mass is 368 g/mol. The number of hydrogen-bond donors (Lipinski definition) is 1. The molecule has 1 fully saturated rings. The molecule has 1 aliphatic carbocycles. The number of carbonyl (C=O) groups excluding carboxylic acids is 1. The van der Waals surface area contributed by atoms with Crippen LogP contribution in [0.15, 0.2) is 46.3 Å². The fourth-order valence-corrected chi connectivity index (χ4v) is 4.13. The van der Waals surface area contributed by atoms with Crippen molar-refractivity contribution in [2.75, 3.05) is 5.32 Å². The first-order valence-electron chi connectivity index (χ1n) is 7.80. The molecular weight excluding hydrogens is 356 g/mol. The number of rotatable bonds is 4. The fourth-order valence-electron chi connectivity index (χ4n) is 2.91. The van der Waals surface area contributed by atoms with Crippen molar-refractivity contribution in [2.45, 2.75) is 18.3 Å². The first kappa shape index (κ1) is 14.7. The number of benzene rings is 1. The van der Waals surface area contributed by atoms with Crippen molar-refractivity contribution >= 4 is 45.7 Å². The molecule has 1 aliphatic rings. The van der Waals surface area contributed by atoms with Crippen molar-refractivity contribution in [3.05, 3.63) is 47.5 Å². The van der Waals surface area contributed by atoms with Gasteiger partial charge in [-0.3, -0.25) is 4.79 Å². The van der Waals surface area contributed by atoms with Crippen molar-refractivity contribution in [3.63, 3.8) is 0 Å². The van der Waals surface area contributed by atoms with Crippen LogP contribution in [-0.4, -0.2) is 19.8 Å². The lowest BCUT2D eigenvalue weighted by molar-refractivity contribution is -0.118. The summed E-state index contributed by atoms with van der Waals surface area (Å²) in [4.78, 5) is 13.9. The van der Waals surface area contributed by atoms with E-state index in [1.165, 1.54) is 0 Å². The Balaban J connectivity index is 1.44. The maximum Gasteiger partial charge on any atom is 0.236 e. The van der Waals surface area contributed by atoms with Gasteiger partial charge < -0.3 is 9.84 Å². The number of anilines is 1. The average molecular weight is 368 g/mol. The highest BCUT2D eigenvalue weighted by Gasteiger charge is 2.54. The smallest absolute Gasteiger partial charge is 0.236 e. The minimum absolute atomic E-state index is 0.0703. The maximum absolute atomic E-state index is 12.9. The molecule has 0 atom stereocenters. The first-order valence-corrected chi connectivity index (χ1v) is 9.41. The molecule has 0 unspecified atom stereocenters. The summed E-state index contributed by atoms with van der Waals surface area (Å²) in [5.41, 5.74) is 2.27. The van der Waals surface area contributed by atoms with Crippen molar-refractivity contribution in [2.24, 2.45) is 0 Å². The lowest BCUT2D eigenvalue weighted by Crippen LogP contribution is -2.28. The molecule has 0 bridgehead atoms. The highest BCUT2D eigenvalue weighted by Crippen LogP contribution is 2.49. The van der Waals surface area contributed by atoms with Crippen LogP contribution in [0.3, 0.4) is 0 Å². The minimum Gasteiger partial charge on any atom is -0.355 e. The quantitative estimate of drug-likeness (QED) is 0.587. The van der Waals surface area contributed by atoms with Gasteiger partial charge >= 0.3 is 0 Å². The molecule has 3 heterocycles. The highest BCUT2D eigenvalue weighted by atomic mass is 32.1. The maximum atomic E-state index is 12.9. The summed E-state index contributed by atoms with van der Waals surface area (Å²) >= 11 is 2.72. The van der Waals surface area contributed by atoms with Gasteiger partial charge in [0.2, 0.25) is 5.91 Å². The minimum atomic E-state index is -0.607. The van der Waals surface area contributed by atoms with Crippen LogP contribution in [0.1, 0.15) is 18.5 Å². The SMILES string of the molecule is O=C(Nc1cccc2nsnc12)C1(c2cc(-c3cccs3)on2)CC1. The van der Waals surface area contributed by atoms with E-state index in [9.17, 15) is 4.79 Å². The van der Waals surface area contributed by atoms with Crippen molar-refractivity contribution < 1.29 is 9.32 Å². The van der Waals surface area contributed by atoms with Gasteiger partial charge in [-0.05, 0) is 36.4 Å². The number of nitrogens with zero attached hydrogens (tertiary/aromatic N) is 3. The van der Waals surface area contributed by atoms with Crippen LogP contribution in [0.5, 0.6) is 0 Å². The van der Waals surface area contributed by atoms with E-state index in [0.29, 0.717) is 17.1 Å². The van der Waals surface area contributed by atoms with Gasteiger partial charge in [-0.2, -0.15) is 8.75 Å². The van der Waals surface area contributed by atoms with Gasteiger partial charge in [0.1, 0.15) is 11.0 Å². The zero-order valence-corrected chi connectivity index (χ0v) is 14.6. The first-order chi connectivity index (χ1) is 12.3. The average Bonchev–Trinajstić information content (AvgIpc) is 3.09.